The highest BCUT2D eigenvalue weighted by Crippen LogP contribution is 2.39. The Morgan fingerprint density at radius 1 is 0.611 bits per heavy atom. The van der Waals surface area contributed by atoms with Crippen LogP contribution in [-0.4, -0.2) is 71.2 Å². The molecule has 1 rings (SSSR count). The molecule has 0 bridgehead atoms. The maximum atomic E-state index is 12.8. The highest BCUT2D eigenvalue weighted by Gasteiger charge is 2.50. The van der Waals surface area contributed by atoms with Gasteiger partial charge in [0.15, 0.2) is 10.8 Å². The molecule has 1 fully saturated rings. The van der Waals surface area contributed by atoms with E-state index in [-0.39, 0.29) is 63.6 Å². The summed E-state index contributed by atoms with van der Waals surface area (Å²) < 4.78 is 24.5. The number of Topliss-reactive ketones (excluding diaryl/α,β-unsaturated/α-hetero) is 1. The summed E-state index contributed by atoms with van der Waals surface area (Å²) in [5, 5.41) is 0. The highest BCUT2D eigenvalue weighted by molar-refractivity contribution is 6.01. The molecule has 36 heavy (non-hydrogen) atoms. The third-order valence-electron chi connectivity index (χ3n) is 7.01. The quantitative estimate of drug-likeness (QED) is 0.302. The number of hydrogen-bond donors (Lipinski definition) is 0. The Hall–Kier alpha value is -2.98. The number of rotatable bonds is 5. The molecular weight excluding hydrogens is 476 g/mol. The second-order valence-electron chi connectivity index (χ2n) is 9.05. The fraction of sp³-hybridized carbons (Fsp3) is 0.760. The molecule has 0 aliphatic heterocycles. The van der Waals surface area contributed by atoms with E-state index in [1.807, 2.05) is 0 Å². The van der Waals surface area contributed by atoms with Crippen LogP contribution in [0.5, 0.6) is 0 Å². The Morgan fingerprint density at radius 2 is 1.00 bits per heavy atom. The van der Waals surface area contributed by atoms with Crippen LogP contribution < -0.4 is 0 Å². The van der Waals surface area contributed by atoms with Crippen LogP contribution in [0.25, 0.3) is 0 Å². The van der Waals surface area contributed by atoms with Gasteiger partial charge in [0, 0.05) is 12.8 Å². The summed E-state index contributed by atoms with van der Waals surface area (Å²) in [5.74, 6) is -4.80. The molecule has 0 saturated heterocycles. The second kappa shape index (κ2) is 14.5. The lowest BCUT2D eigenvalue weighted by molar-refractivity contribution is -0.173. The fourth-order valence-electron chi connectivity index (χ4n) is 4.89. The summed E-state index contributed by atoms with van der Waals surface area (Å²) in [4.78, 5) is 76.3. The summed E-state index contributed by atoms with van der Waals surface area (Å²) in [5.41, 5.74) is -3.33. The first kappa shape index (κ1) is 31.1. The van der Waals surface area contributed by atoms with E-state index in [0.29, 0.717) is 12.8 Å². The Morgan fingerprint density at radius 3 is 1.39 bits per heavy atom. The molecule has 1 aliphatic carbocycles. The van der Waals surface area contributed by atoms with Crippen LogP contribution in [0.1, 0.15) is 70.6 Å². The van der Waals surface area contributed by atoms with Crippen LogP contribution in [0.2, 0.25) is 0 Å². The molecule has 0 radical (unpaired) electrons. The minimum Gasteiger partial charge on any atom is -0.469 e. The predicted octanol–water partition coefficient (Wildman–Crippen LogP) is 2.31. The van der Waals surface area contributed by atoms with Crippen LogP contribution in [0.3, 0.4) is 0 Å². The van der Waals surface area contributed by atoms with Crippen LogP contribution in [0.4, 0.5) is 0 Å². The molecular formula is C25H38O11. The van der Waals surface area contributed by atoms with E-state index in [9.17, 15) is 28.8 Å². The molecule has 0 amide bonds. The van der Waals surface area contributed by atoms with Crippen molar-refractivity contribution in [2.75, 3.05) is 35.5 Å². The number of hydrogen-bond acceptors (Lipinski definition) is 11. The highest BCUT2D eigenvalue weighted by atomic mass is 16.6. The third kappa shape index (κ3) is 7.27. The van der Waals surface area contributed by atoms with Gasteiger partial charge in [-0.1, -0.05) is 25.7 Å². The van der Waals surface area contributed by atoms with Gasteiger partial charge in [-0.25, -0.2) is 0 Å². The molecule has 0 aromatic carbocycles. The lowest BCUT2D eigenvalue weighted by Crippen LogP contribution is -2.42. The molecule has 0 spiro atoms. The first-order chi connectivity index (χ1) is 17.1. The third-order valence-corrected chi connectivity index (χ3v) is 7.01. The minimum atomic E-state index is -1.75. The van der Waals surface area contributed by atoms with Crippen LogP contribution in [0, 0.1) is 16.7 Å². The average molecular weight is 515 g/mol. The zero-order valence-corrected chi connectivity index (χ0v) is 21.8. The van der Waals surface area contributed by atoms with Crippen molar-refractivity contribution in [2.24, 2.45) is 16.7 Å². The van der Waals surface area contributed by atoms with Gasteiger partial charge in [0.25, 0.3) is 0 Å². The number of ketones is 1. The SMILES string of the molecule is COC(=O)C1CCCCC(C(=O)OC)(C(=O)OC)CCCCC(C(=O)OC)(C(=O)OC)CCC(=O)C1. The zero-order valence-electron chi connectivity index (χ0n) is 21.8. The summed E-state index contributed by atoms with van der Waals surface area (Å²) in [7, 11) is 5.86. The summed E-state index contributed by atoms with van der Waals surface area (Å²) >= 11 is 0. The van der Waals surface area contributed by atoms with Crippen molar-refractivity contribution in [3.63, 3.8) is 0 Å². The summed E-state index contributed by atoms with van der Waals surface area (Å²) in [6.45, 7) is 0. The van der Waals surface area contributed by atoms with Gasteiger partial charge in [0.05, 0.1) is 41.5 Å². The van der Waals surface area contributed by atoms with E-state index in [1.54, 1.807) is 0 Å². The van der Waals surface area contributed by atoms with Gasteiger partial charge in [-0.2, -0.15) is 0 Å². The van der Waals surface area contributed by atoms with Crippen LogP contribution in [0.15, 0.2) is 0 Å². The lowest BCUT2D eigenvalue weighted by Gasteiger charge is -2.30. The van der Waals surface area contributed by atoms with E-state index in [4.69, 9.17) is 23.7 Å². The Balaban J connectivity index is 3.45. The van der Waals surface area contributed by atoms with Gasteiger partial charge in [0.1, 0.15) is 5.78 Å². The molecule has 11 nitrogen and oxygen atoms in total. The molecule has 204 valence electrons. The first-order valence-electron chi connectivity index (χ1n) is 12.0. The van der Waals surface area contributed by atoms with Crippen molar-refractivity contribution in [3.05, 3.63) is 0 Å². The van der Waals surface area contributed by atoms with Gasteiger partial charge < -0.3 is 23.7 Å². The zero-order chi connectivity index (χ0) is 27.4. The van der Waals surface area contributed by atoms with Crippen molar-refractivity contribution in [2.45, 2.75) is 70.6 Å². The van der Waals surface area contributed by atoms with E-state index in [0.717, 1.165) is 14.2 Å². The normalized spacial score (nSPS) is 21.0. The van der Waals surface area contributed by atoms with Crippen molar-refractivity contribution in [1.82, 2.24) is 0 Å². The van der Waals surface area contributed by atoms with Crippen molar-refractivity contribution < 1.29 is 52.5 Å². The average Bonchev–Trinajstić information content (AvgIpc) is 2.90. The molecule has 0 N–H and O–H groups in total. The fourth-order valence-corrected chi connectivity index (χ4v) is 4.89. The van der Waals surface area contributed by atoms with Crippen LogP contribution in [-0.2, 0) is 52.5 Å². The summed E-state index contributed by atoms with van der Waals surface area (Å²) in [6, 6.07) is 0. The Bertz CT molecular complexity index is 785. The van der Waals surface area contributed by atoms with Crippen molar-refractivity contribution in [1.29, 1.82) is 0 Å². The van der Waals surface area contributed by atoms with Gasteiger partial charge in [-0.3, -0.25) is 28.8 Å². The molecule has 0 aromatic rings. The largest absolute Gasteiger partial charge is 0.469 e. The molecule has 1 atom stereocenters. The standard InChI is InChI=1S/C25H38O11/c1-32-19(27)17-10-6-7-12-24(20(28)33-2,21(29)34-3)13-8-9-14-25(22(30)35-4,23(31)36-5)15-11-18(26)16-17/h17H,6-16H2,1-5H3. The molecule has 1 unspecified atom stereocenters. The van der Waals surface area contributed by atoms with Gasteiger partial charge in [-0.15, -0.1) is 0 Å². The van der Waals surface area contributed by atoms with Crippen molar-refractivity contribution >= 4 is 35.6 Å². The number of esters is 5. The number of ether oxygens (including phenoxy) is 5. The molecule has 1 saturated carbocycles. The Labute approximate surface area is 211 Å². The predicted molar refractivity (Wildman–Crippen MR) is 124 cm³/mol. The van der Waals surface area contributed by atoms with Gasteiger partial charge in [-0.05, 0) is 32.1 Å². The smallest absolute Gasteiger partial charge is 0.323 e. The number of carbonyl (C=O) groups excluding carboxylic acids is 6. The van der Waals surface area contributed by atoms with E-state index < -0.39 is 46.6 Å². The van der Waals surface area contributed by atoms with E-state index in [2.05, 4.69) is 0 Å². The number of methoxy groups -OCH3 is 5. The molecule has 1 aliphatic rings. The second-order valence-corrected chi connectivity index (χ2v) is 9.05. The first-order valence-corrected chi connectivity index (χ1v) is 12.0. The monoisotopic (exact) mass is 514 g/mol. The van der Waals surface area contributed by atoms with E-state index in [1.165, 1.54) is 21.3 Å². The van der Waals surface area contributed by atoms with Gasteiger partial charge in [0.2, 0.25) is 0 Å². The maximum Gasteiger partial charge on any atom is 0.323 e. The van der Waals surface area contributed by atoms with E-state index >= 15 is 0 Å². The lowest BCUT2D eigenvalue weighted by atomic mass is 9.75. The number of carbonyl (C=O) groups is 6. The Kier molecular flexibility index (Phi) is 12.5. The topological polar surface area (TPSA) is 149 Å². The molecule has 11 heteroatoms. The van der Waals surface area contributed by atoms with Crippen molar-refractivity contribution in [3.8, 4) is 0 Å². The molecule has 0 heterocycles. The van der Waals surface area contributed by atoms with Crippen LogP contribution >= 0.6 is 0 Å². The summed E-state index contributed by atoms with van der Waals surface area (Å²) in [6.07, 6.45) is 1.33. The van der Waals surface area contributed by atoms with Gasteiger partial charge >= 0.3 is 29.8 Å². The minimum absolute atomic E-state index is 0.0293. The maximum absolute atomic E-state index is 12.8. The molecule has 0 aromatic heterocycles.